The number of nitrogens with one attached hydrogen (secondary N) is 2. The number of alkyl halides is 2. The summed E-state index contributed by atoms with van der Waals surface area (Å²) in [4.78, 5) is 0. The van der Waals surface area contributed by atoms with Crippen LogP contribution in [0, 0.1) is 0 Å². The third-order valence-corrected chi connectivity index (χ3v) is 2.00. The minimum atomic E-state index is -2.59. The summed E-state index contributed by atoms with van der Waals surface area (Å²) in [6, 6.07) is 0.226. The van der Waals surface area contributed by atoms with Crippen molar-refractivity contribution in [3.63, 3.8) is 0 Å². The molecule has 0 aromatic carbocycles. The normalized spacial score (nSPS) is 25.8. The largest absolute Gasteiger partial charge is 0.315 e. The molecule has 0 amide bonds. The first-order chi connectivity index (χ1) is 5.58. The Morgan fingerprint density at radius 2 is 2.33 bits per heavy atom. The quantitative estimate of drug-likeness (QED) is 0.673. The first kappa shape index (κ1) is 9.86. The van der Waals surface area contributed by atoms with Gasteiger partial charge in [-0.1, -0.05) is 0 Å². The van der Waals surface area contributed by atoms with Crippen LogP contribution < -0.4 is 10.6 Å². The molecular formula is C8H16F2N2. The van der Waals surface area contributed by atoms with Crippen LogP contribution in [0.15, 0.2) is 0 Å². The number of hydrogen-bond donors (Lipinski definition) is 2. The van der Waals surface area contributed by atoms with Gasteiger partial charge in [-0.2, -0.15) is 0 Å². The predicted molar refractivity (Wildman–Crippen MR) is 44.5 cm³/mol. The van der Waals surface area contributed by atoms with Crippen LogP contribution in [0.4, 0.5) is 8.78 Å². The van der Waals surface area contributed by atoms with Crippen LogP contribution in [0.3, 0.4) is 0 Å². The first-order valence-corrected chi connectivity index (χ1v) is 4.40. The van der Waals surface area contributed by atoms with Gasteiger partial charge in [0.2, 0.25) is 0 Å². The minimum absolute atomic E-state index is 0.209. The Morgan fingerprint density at radius 1 is 1.58 bits per heavy atom. The molecule has 72 valence electrons. The monoisotopic (exact) mass is 178 g/mol. The van der Waals surface area contributed by atoms with Crippen molar-refractivity contribution in [3.8, 4) is 0 Å². The van der Waals surface area contributed by atoms with E-state index in [0.29, 0.717) is 0 Å². The maximum absolute atomic E-state index is 12.4. The van der Waals surface area contributed by atoms with Crippen LogP contribution in [-0.4, -0.2) is 31.6 Å². The Morgan fingerprint density at radius 3 is 2.83 bits per heavy atom. The predicted octanol–water partition coefficient (Wildman–Crippen LogP) is 0.983. The number of piperidine rings is 1. The molecule has 2 nitrogen and oxygen atoms in total. The Bertz CT molecular complexity index is 128. The third-order valence-electron chi connectivity index (χ3n) is 2.00. The van der Waals surface area contributed by atoms with E-state index in [2.05, 4.69) is 10.6 Å². The van der Waals surface area contributed by atoms with Crippen molar-refractivity contribution in [2.24, 2.45) is 0 Å². The highest BCUT2D eigenvalue weighted by Crippen LogP contribution is 2.10. The Hall–Kier alpha value is -0.220. The lowest BCUT2D eigenvalue weighted by molar-refractivity contribution is 0.0191. The second-order valence-electron chi connectivity index (χ2n) is 3.49. The molecule has 0 aliphatic carbocycles. The molecule has 1 saturated heterocycles. The Balaban J connectivity index is 2.13. The summed E-state index contributed by atoms with van der Waals surface area (Å²) in [6.07, 6.45) is 2.08. The fourth-order valence-electron chi connectivity index (χ4n) is 1.35. The molecule has 12 heavy (non-hydrogen) atoms. The van der Waals surface area contributed by atoms with Gasteiger partial charge < -0.3 is 10.6 Å². The van der Waals surface area contributed by atoms with Crippen LogP contribution in [0.2, 0.25) is 0 Å². The maximum atomic E-state index is 12.4. The van der Waals surface area contributed by atoms with Gasteiger partial charge in [0.1, 0.15) is 0 Å². The lowest BCUT2D eigenvalue weighted by atomic mass is 10.1. The van der Waals surface area contributed by atoms with Crippen LogP contribution >= 0.6 is 0 Å². The molecule has 1 heterocycles. The highest BCUT2D eigenvalue weighted by Gasteiger charge is 2.22. The van der Waals surface area contributed by atoms with Crippen molar-refractivity contribution in [1.29, 1.82) is 0 Å². The van der Waals surface area contributed by atoms with Gasteiger partial charge in [-0.15, -0.1) is 0 Å². The van der Waals surface area contributed by atoms with E-state index in [0.717, 1.165) is 32.9 Å². The summed E-state index contributed by atoms with van der Waals surface area (Å²) in [5, 5.41) is 6.01. The van der Waals surface area contributed by atoms with Crippen LogP contribution in [0.1, 0.15) is 19.8 Å². The molecule has 1 unspecified atom stereocenters. The van der Waals surface area contributed by atoms with E-state index in [1.165, 1.54) is 0 Å². The molecule has 0 radical (unpaired) electrons. The van der Waals surface area contributed by atoms with E-state index in [-0.39, 0.29) is 12.6 Å². The zero-order chi connectivity index (χ0) is 9.03. The van der Waals surface area contributed by atoms with Crippen LogP contribution in [0.5, 0.6) is 0 Å². The van der Waals surface area contributed by atoms with Gasteiger partial charge in [-0.25, -0.2) is 8.78 Å². The average molecular weight is 178 g/mol. The van der Waals surface area contributed by atoms with Crippen molar-refractivity contribution >= 4 is 0 Å². The number of rotatable bonds is 3. The lowest BCUT2D eigenvalue weighted by Crippen LogP contribution is -2.46. The second kappa shape index (κ2) is 4.14. The molecular weight excluding hydrogens is 162 g/mol. The van der Waals surface area contributed by atoms with Crippen molar-refractivity contribution < 1.29 is 8.78 Å². The van der Waals surface area contributed by atoms with E-state index in [1.54, 1.807) is 0 Å². The zero-order valence-electron chi connectivity index (χ0n) is 7.37. The highest BCUT2D eigenvalue weighted by atomic mass is 19.3. The summed E-state index contributed by atoms with van der Waals surface area (Å²) in [5.74, 6) is -2.59. The van der Waals surface area contributed by atoms with Crippen molar-refractivity contribution in [3.05, 3.63) is 0 Å². The molecule has 0 bridgehead atoms. The first-order valence-electron chi connectivity index (χ1n) is 4.40. The van der Waals surface area contributed by atoms with Crippen LogP contribution in [0.25, 0.3) is 0 Å². The molecule has 0 aromatic rings. The molecule has 1 atom stereocenters. The van der Waals surface area contributed by atoms with E-state index < -0.39 is 5.92 Å². The van der Waals surface area contributed by atoms with Gasteiger partial charge in [0.15, 0.2) is 0 Å². The van der Waals surface area contributed by atoms with Gasteiger partial charge in [0.05, 0.1) is 6.54 Å². The van der Waals surface area contributed by atoms with E-state index in [1.807, 2.05) is 0 Å². The van der Waals surface area contributed by atoms with E-state index >= 15 is 0 Å². The summed E-state index contributed by atoms with van der Waals surface area (Å²) in [6.45, 7) is 2.56. The number of hydrogen-bond acceptors (Lipinski definition) is 2. The fraction of sp³-hybridized carbons (Fsp3) is 1.00. The van der Waals surface area contributed by atoms with E-state index in [4.69, 9.17) is 0 Å². The second-order valence-corrected chi connectivity index (χ2v) is 3.49. The van der Waals surface area contributed by atoms with Crippen LogP contribution in [-0.2, 0) is 0 Å². The summed E-state index contributed by atoms with van der Waals surface area (Å²) >= 11 is 0. The molecule has 1 fully saturated rings. The molecule has 1 aliphatic rings. The standard InChI is InChI=1S/C8H16F2N2/c1-8(9,10)6-12-7-3-2-4-11-5-7/h7,11-12H,2-6H2,1H3. The van der Waals surface area contributed by atoms with Gasteiger partial charge >= 0.3 is 0 Å². The summed E-state index contributed by atoms with van der Waals surface area (Å²) in [7, 11) is 0. The molecule has 0 aromatic heterocycles. The molecule has 1 aliphatic heterocycles. The molecule has 2 N–H and O–H groups in total. The Kier molecular flexibility index (Phi) is 3.40. The summed E-state index contributed by atoms with van der Waals surface area (Å²) < 4.78 is 24.8. The highest BCUT2D eigenvalue weighted by molar-refractivity contribution is 4.76. The number of halogens is 2. The van der Waals surface area contributed by atoms with Gasteiger partial charge in [0, 0.05) is 19.5 Å². The molecule has 1 rings (SSSR count). The van der Waals surface area contributed by atoms with Gasteiger partial charge in [-0.3, -0.25) is 0 Å². The van der Waals surface area contributed by atoms with Gasteiger partial charge in [0.25, 0.3) is 5.92 Å². The zero-order valence-corrected chi connectivity index (χ0v) is 7.37. The molecule has 4 heteroatoms. The smallest absolute Gasteiger partial charge is 0.257 e. The lowest BCUT2D eigenvalue weighted by Gasteiger charge is -2.25. The van der Waals surface area contributed by atoms with Crippen molar-refractivity contribution in [2.45, 2.75) is 31.7 Å². The topological polar surface area (TPSA) is 24.1 Å². The fourth-order valence-corrected chi connectivity index (χ4v) is 1.35. The molecule has 0 spiro atoms. The van der Waals surface area contributed by atoms with Crippen molar-refractivity contribution in [2.75, 3.05) is 19.6 Å². The summed E-state index contributed by atoms with van der Waals surface area (Å²) in [5.41, 5.74) is 0. The van der Waals surface area contributed by atoms with Crippen molar-refractivity contribution in [1.82, 2.24) is 10.6 Å². The minimum Gasteiger partial charge on any atom is -0.315 e. The Labute approximate surface area is 71.7 Å². The molecule has 0 saturated carbocycles. The van der Waals surface area contributed by atoms with Gasteiger partial charge in [-0.05, 0) is 19.4 Å². The SMILES string of the molecule is CC(F)(F)CNC1CCCNC1. The maximum Gasteiger partial charge on any atom is 0.257 e. The van der Waals surface area contributed by atoms with E-state index in [9.17, 15) is 8.78 Å². The average Bonchev–Trinajstić information content (AvgIpc) is 2.02. The third kappa shape index (κ3) is 3.97.